The van der Waals surface area contributed by atoms with Crippen molar-refractivity contribution in [2.45, 2.75) is 0 Å². The number of nitrogens with one attached hydrogen (secondary N) is 1. The van der Waals surface area contributed by atoms with Gasteiger partial charge in [0.2, 0.25) is 5.95 Å². The van der Waals surface area contributed by atoms with Crippen molar-refractivity contribution >= 4 is 33.5 Å². The first-order valence-corrected chi connectivity index (χ1v) is 6.25. The molecule has 94 valence electrons. The number of hydrogen-bond donors (Lipinski definition) is 1. The van der Waals surface area contributed by atoms with Gasteiger partial charge in [-0.15, -0.1) is 0 Å². The van der Waals surface area contributed by atoms with Crippen LogP contribution in [0.15, 0.2) is 22.7 Å². The van der Waals surface area contributed by atoms with E-state index in [-0.39, 0.29) is 6.01 Å². The Morgan fingerprint density at radius 3 is 2.67 bits per heavy atom. The summed E-state index contributed by atoms with van der Waals surface area (Å²) < 4.78 is 5.85. The van der Waals surface area contributed by atoms with E-state index in [2.05, 4.69) is 36.2 Å². The third-order valence-electron chi connectivity index (χ3n) is 2.21. The van der Waals surface area contributed by atoms with E-state index in [4.69, 9.17) is 16.3 Å². The smallest absolute Gasteiger partial charge is 0.321 e. The van der Waals surface area contributed by atoms with Gasteiger partial charge in [-0.2, -0.15) is 15.0 Å². The minimum atomic E-state index is 0.233. The fourth-order valence-electron chi connectivity index (χ4n) is 1.38. The van der Waals surface area contributed by atoms with Crippen LogP contribution in [0.5, 0.6) is 6.01 Å². The van der Waals surface area contributed by atoms with Gasteiger partial charge in [-0.1, -0.05) is 17.7 Å². The molecule has 0 fully saturated rings. The highest BCUT2D eigenvalue weighted by Gasteiger charge is 2.14. The number of aromatic nitrogens is 3. The second-order valence-electron chi connectivity index (χ2n) is 3.32. The minimum absolute atomic E-state index is 0.233. The van der Waals surface area contributed by atoms with Crippen LogP contribution in [0.1, 0.15) is 0 Å². The monoisotopic (exact) mass is 328 g/mol. The molecule has 7 heteroatoms. The van der Waals surface area contributed by atoms with E-state index in [0.717, 1.165) is 4.47 Å². The maximum absolute atomic E-state index is 6.16. The van der Waals surface area contributed by atoms with Crippen LogP contribution in [0.2, 0.25) is 5.02 Å². The molecule has 5 nitrogen and oxygen atoms in total. The summed E-state index contributed by atoms with van der Waals surface area (Å²) >= 11 is 9.59. The molecular formula is C11H10BrClN4O. The first-order chi connectivity index (χ1) is 8.65. The van der Waals surface area contributed by atoms with Gasteiger partial charge in [0, 0.05) is 11.5 Å². The first-order valence-electron chi connectivity index (χ1n) is 5.08. The number of hydrogen-bond acceptors (Lipinski definition) is 5. The lowest BCUT2D eigenvalue weighted by Crippen LogP contribution is -2.03. The van der Waals surface area contributed by atoms with E-state index in [0.29, 0.717) is 22.4 Å². The zero-order chi connectivity index (χ0) is 13.1. The molecule has 0 saturated heterocycles. The van der Waals surface area contributed by atoms with Gasteiger partial charge in [-0.25, -0.2) is 0 Å². The molecular weight excluding hydrogens is 320 g/mol. The Labute approximate surface area is 118 Å². The Morgan fingerprint density at radius 2 is 2.06 bits per heavy atom. The standard InChI is InChI=1S/C11H10BrClN4O/c1-14-10-15-9(16-11(17-10)18-2)8-6(12)4-3-5-7(8)13/h3-5H,1-2H3,(H,14,15,16,17). The van der Waals surface area contributed by atoms with Crippen LogP contribution < -0.4 is 10.1 Å². The Balaban J connectivity index is 2.63. The molecule has 2 aromatic rings. The number of nitrogens with zero attached hydrogens (tertiary/aromatic N) is 3. The topological polar surface area (TPSA) is 59.9 Å². The van der Waals surface area contributed by atoms with E-state index >= 15 is 0 Å². The summed E-state index contributed by atoms with van der Waals surface area (Å²) in [5, 5.41) is 3.41. The summed E-state index contributed by atoms with van der Waals surface area (Å²) in [4.78, 5) is 12.5. The predicted molar refractivity (Wildman–Crippen MR) is 74.1 cm³/mol. The Bertz CT molecular complexity index is 536. The average Bonchev–Trinajstić information content (AvgIpc) is 2.38. The van der Waals surface area contributed by atoms with Crippen LogP contribution in [0, 0.1) is 0 Å². The first kappa shape index (κ1) is 13.0. The van der Waals surface area contributed by atoms with Crippen LogP contribution in [-0.4, -0.2) is 29.1 Å². The molecule has 2 rings (SSSR count). The third kappa shape index (κ3) is 2.54. The zero-order valence-electron chi connectivity index (χ0n) is 9.74. The number of anilines is 1. The fraction of sp³-hybridized carbons (Fsp3) is 0.182. The van der Waals surface area contributed by atoms with Crippen LogP contribution in [0.4, 0.5) is 5.95 Å². The van der Waals surface area contributed by atoms with E-state index < -0.39 is 0 Å². The van der Waals surface area contributed by atoms with Gasteiger partial charge in [0.15, 0.2) is 5.82 Å². The maximum atomic E-state index is 6.16. The summed E-state index contributed by atoms with van der Waals surface area (Å²) in [6.45, 7) is 0. The average molecular weight is 330 g/mol. The lowest BCUT2D eigenvalue weighted by Gasteiger charge is -2.08. The number of methoxy groups -OCH3 is 1. The molecule has 0 spiro atoms. The summed E-state index contributed by atoms with van der Waals surface area (Å²) in [6.07, 6.45) is 0. The van der Waals surface area contributed by atoms with Gasteiger partial charge < -0.3 is 10.1 Å². The number of halogens is 2. The van der Waals surface area contributed by atoms with Gasteiger partial charge >= 0.3 is 6.01 Å². The van der Waals surface area contributed by atoms with Gasteiger partial charge in [0.1, 0.15) is 0 Å². The molecule has 0 aliphatic carbocycles. The lowest BCUT2D eigenvalue weighted by atomic mass is 10.2. The van der Waals surface area contributed by atoms with E-state index in [9.17, 15) is 0 Å². The third-order valence-corrected chi connectivity index (χ3v) is 3.18. The zero-order valence-corrected chi connectivity index (χ0v) is 12.1. The van der Waals surface area contributed by atoms with E-state index in [1.807, 2.05) is 12.1 Å². The van der Waals surface area contributed by atoms with Crippen molar-refractivity contribution in [3.63, 3.8) is 0 Å². The minimum Gasteiger partial charge on any atom is -0.467 e. The summed E-state index contributed by atoms with van der Waals surface area (Å²) in [5.74, 6) is 0.868. The van der Waals surface area contributed by atoms with Crippen LogP contribution in [0.3, 0.4) is 0 Å². The molecule has 0 bridgehead atoms. The van der Waals surface area contributed by atoms with E-state index in [1.165, 1.54) is 7.11 Å². The van der Waals surface area contributed by atoms with Crippen molar-refractivity contribution in [3.05, 3.63) is 27.7 Å². The van der Waals surface area contributed by atoms with Gasteiger partial charge in [-0.05, 0) is 28.1 Å². The van der Waals surface area contributed by atoms with Crippen molar-refractivity contribution in [1.29, 1.82) is 0 Å². The van der Waals surface area contributed by atoms with Crippen LogP contribution in [0.25, 0.3) is 11.4 Å². The number of rotatable bonds is 3. The molecule has 1 aromatic heterocycles. The quantitative estimate of drug-likeness (QED) is 0.938. The molecule has 0 aliphatic rings. The van der Waals surface area contributed by atoms with Crippen molar-refractivity contribution in [3.8, 4) is 17.4 Å². The maximum Gasteiger partial charge on any atom is 0.321 e. The largest absolute Gasteiger partial charge is 0.467 e. The lowest BCUT2D eigenvalue weighted by molar-refractivity contribution is 0.379. The highest BCUT2D eigenvalue weighted by Crippen LogP contribution is 2.33. The molecule has 1 aromatic carbocycles. The normalized spacial score (nSPS) is 10.2. The Morgan fingerprint density at radius 1 is 1.28 bits per heavy atom. The highest BCUT2D eigenvalue weighted by atomic mass is 79.9. The second-order valence-corrected chi connectivity index (χ2v) is 4.58. The second kappa shape index (κ2) is 5.49. The van der Waals surface area contributed by atoms with Gasteiger partial charge in [0.25, 0.3) is 0 Å². The number of benzene rings is 1. The Hall–Kier alpha value is -1.40. The van der Waals surface area contributed by atoms with Crippen LogP contribution in [-0.2, 0) is 0 Å². The molecule has 18 heavy (non-hydrogen) atoms. The van der Waals surface area contributed by atoms with Crippen LogP contribution >= 0.6 is 27.5 Å². The molecule has 1 heterocycles. The van der Waals surface area contributed by atoms with E-state index in [1.54, 1.807) is 13.1 Å². The molecule has 0 unspecified atom stereocenters. The van der Waals surface area contributed by atoms with Crippen molar-refractivity contribution < 1.29 is 4.74 Å². The van der Waals surface area contributed by atoms with Gasteiger partial charge in [-0.3, -0.25) is 0 Å². The molecule has 0 radical (unpaired) electrons. The van der Waals surface area contributed by atoms with Crippen molar-refractivity contribution in [2.75, 3.05) is 19.5 Å². The molecule has 0 saturated carbocycles. The molecule has 0 aliphatic heterocycles. The molecule has 1 N–H and O–H groups in total. The Kier molecular flexibility index (Phi) is 3.98. The molecule has 0 atom stereocenters. The summed E-state index contributed by atoms with van der Waals surface area (Å²) in [6, 6.07) is 5.72. The van der Waals surface area contributed by atoms with Crippen molar-refractivity contribution in [1.82, 2.24) is 15.0 Å². The van der Waals surface area contributed by atoms with Gasteiger partial charge in [0.05, 0.1) is 17.7 Å². The fourth-order valence-corrected chi connectivity index (χ4v) is 2.30. The molecule has 0 amide bonds. The highest BCUT2D eigenvalue weighted by molar-refractivity contribution is 9.10. The summed E-state index contributed by atoms with van der Waals surface area (Å²) in [7, 11) is 3.22. The summed E-state index contributed by atoms with van der Waals surface area (Å²) in [5.41, 5.74) is 0.705. The van der Waals surface area contributed by atoms with Crippen molar-refractivity contribution in [2.24, 2.45) is 0 Å². The SMILES string of the molecule is CNc1nc(OC)nc(-c2c(Cl)cccc2Br)n1. The number of ether oxygens (including phenoxy) is 1. The predicted octanol–water partition coefficient (Wildman–Crippen LogP) is 3.00.